The Hall–Kier alpha value is -2.60. The number of likely N-dealkylation sites (tertiary alicyclic amines) is 1. The third-order valence-corrected chi connectivity index (χ3v) is 6.14. The second kappa shape index (κ2) is 9.69. The molecule has 1 heterocycles. The van der Waals surface area contributed by atoms with Gasteiger partial charge in [-0.1, -0.05) is 42.5 Å². The average Bonchev–Trinajstić information content (AvgIpc) is 2.82. The average molecular weight is 422 g/mol. The van der Waals surface area contributed by atoms with E-state index in [1.54, 1.807) is 12.1 Å². The number of Topliss-reactive ketones (excluding diaryl/α,β-unsaturated/α-hetero) is 1. The van der Waals surface area contributed by atoms with E-state index in [2.05, 4.69) is 4.90 Å². The number of rotatable bonds is 7. The molecule has 3 aromatic rings. The van der Waals surface area contributed by atoms with E-state index in [9.17, 15) is 14.3 Å². The minimum Gasteiger partial charge on any atom is -0.384 e. The van der Waals surface area contributed by atoms with Crippen LogP contribution in [0.3, 0.4) is 0 Å². The fraction of sp³-hybridized carbons (Fsp3) is 0.346. The number of aliphatic hydroxyl groups excluding tert-OH is 1. The molecule has 0 amide bonds. The molecule has 5 heteroatoms. The van der Waals surface area contributed by atoms with Crippen LogP contribution in [-0.4, -0.2) is 41.7 Å². The predicted molar refractivity (Wildman–Crippen MR) is 119 cm³/mol. The fourth-order valence-electron chi connectivity index (χ4n) is 4.49. The van der Waals surface area contributed by atoms with E-state index >= 15 is 0 Å². The van der Waals surface area contributed by atoms with Gasteiger partial charge in [-0.05, 0) is 60.4 Å². The summed E-state index contributed by atoms with van der Waals surface area (Å²) in [6.07, 6.45) is 0.0949. The van der Waals surface area contributed by atoms with Gasteiger partial charge in [0.05, 0.1) is 0 Å². The lowest BCUT2D eigenvalue weighted by molar-refractivity contribution is -0.130. The number of halogens is 1. The summed E-state index contributed by atoms with van der Waals surface area (Å²) in [5.41, 5.74) is 1.40. The Morgan fingerprint density at radius 1 is 1.06 bits per heavy atom. The van der Waals surface area contributed by atoms with Crippen molar-refractivity contribution in [3.63, 3.8) is 0 Å². The molecule has 0 bridgehead atoms. The van der Waals surface area contributed by atoms with Crippen molar-refractivity contribution in [2.75, 3.05) is 19.7 Å². The van der Waals surface area contributed by atoms with Gasteiger partial charge in [-0.2, -0.15) is 0 Å². The fourth-order valence-corrected chi connectivity index (χ4v) is 4.49. The van der Waals surface area contributed by atoms with Crippen molar-refractivity contribution in [1.82, 2.24) is 4.90 Å². The van der Waals surface area contributed by atoms with Crippen molar-refractivity contribution >= 4 is 16.6 Å². The Labute approximate surface area is 182 Å². The molecular weight excluding hydrogens is 393 g/mol. The van der Waals surface area contributed by atoms with Gasteiger partial charge in [-0.25, -0.2) is 4.39 Å². The highest BCUT2D eigenvalue weighted by atomic mass is 19.1. The van der Waals surface area contributed by atoms with Crippen molar-refractivity contribution < 1.29 is 19.0 Å². The maximum atomic E-state index is 13.2. The molecule has 2 atom stereocenters. The standard InChI is InChI=1S/C26H28FNO3/c1-2-31-26(25(30)23-9-5-7-18-6-3-4-8-22(18)23)28-16-14-20(15-17-28)24(29)19-10-12-21(27)13-11-19/h3-13,20,25-26,30H,2,14-17H2,1H3. The van der Waals surface area contributed by atoms with E-state index in [1.807, 2.05) is 49.4 Å². The number of aliphatic hydroxyl groups is 1. The van der Waals surface area contributed by atoms with Crippen LogP contribution < -0.4 is 0 Å². The van der Waals surface area contributed by atoms with E-state index in [4.69, 9.17) is 4.74 Å². The van der Waals surface area contributed by atoms with Gasteiger partial charge < -0.3 is 9.84 Å². The van der Waals surface area contributed by atoms with Crippen LogP contribution in [-0.2, 0) is 4.74 Å². The number of carbonyl (C=O) groups excluding carboxylic acids is 1. The van der Waals surface area contributed by atoms with E-state index in [1.165, 1.54) is 12.1 Å². The summed E-state index contributed by atoms with van der Waals surface area (Å²) in [5, 5.41) is 13.4. The van der Waals surface area contributed by atoms with Crippen LogP contribution in [0.1, 0.15) is 41.8 Å². The van der Waals surface area contributed by atoms with Crippen molar-refractivity contribution in [2.24, 2.45) is 5.92 Å². The molecule has 1 aliphatic rings. The SMILES string of the molecule is CCOC(C(O)c1cccc2ccccc12)N1CCC(C(=O)c2ccc(F)cc2)CC1. The lowest BCUT2D eigenvalue weighted by Crippen LogP contribution is -2.47. The first-order valence-corrected chi connectivity index (χ1v) is 10.9. The summed E-state index contributed by atoms with van der Waals surface area (Å²) in [6.45, 7) is 3.72. The third kappa shape index (κ3) is 4.69. The zero-order valence-corrected chi connectivity index (χ0v) is 17.7. The van der Waals surface area contributed by atoms with Gasteiger partial charge in [0.2, 0.25) is 0 Å². The number of fused-ring (bicyclic) bond motifs is 1. The minimum absolute atomic E-state index is 0.0576. The second-order valence-electron chi connectivity index (χ2n) is 8.04. The first-order chi connectivity index (χ1) is 15.1. The largest absolute Gasteiger partial charge is 0.384 e. The minimum atomic E-state index is -0.796. The highest BCUT2D eigenvalue weighted by Crippen LogP contribution is 2.31. The van der Waals surface area contributed by atoms with Crippen LogP contribution in [0.5, 0.6) is 0 Å². The Balaban J connectivity index is 1.48. The summed E-state index contributed by atoms with van der Waals surface area (Å²) < 4.78 is 19.2. The normalized spacial score (nSPS) is 17.5. The van der Waals surface area contributed by atoms with E-state index in [0.717, 1.165) is 16.3 Å². The van der Waals surface area contributed by atoms with Gasteiger partial charge in [0.15, 0.2) is 5.78 Å². The smallest absolute Gasteiger partial charge is 0.166 e. The third-order valence-electron chi connectivity index (χ3n) is 6.14. The molecule has 0 spiro atoms. The van der Waals surface area contributed by atoms with Crippen molar-refractivity contribution in [3.8, 4) is 0 Å². The molecular formula is C26H28FNO3. The first-order valence-electron chi connectivity index (χ1n) is 10.9. The molecule has 31 heavy (non-hydrogen) atoms. The molecule has 162 valence electrons. The van der Waals surface area contributed by atoms with Crippen molar-refractivity contribution in [1.29, 1.82) is 0 Å². The number of nitrogens with zero attached hydrogens (tertiary/aromatic N) is 1. The number of ether oxygens (including phenoxy) is 1. The number of benzene rings is 3. The highest BCUT2D eigenvalue weighted by Gasteiger charge is 2.34. The van der Waals surface area contributed by atoms with Gasteiger partial charge in [0, 0.05) is 31.2 Å². The molecule has 1 aliphatic heterocycles. The van der Waals surface area contributed by atoms with Crippen LogP contribution in [0.25, 0.3) is 10.8 Å². The molecule has 3 aromatic carbocycles. The van der Waals surface area contributed by atoms with Crippen LogP contribution >= 0.6 is 0 Å². The number of hydrogen-bond acceptors (Lipinski definition) is 4. The summed E-state index contributed by atoms with van der Waals surface area (Å²) in [5.74, 6) is -0.380. The van der Waals surface area contributed by atoms with Crippen LogP contribution in [0.2, 0.25) is 0 Å². The number of piperidine rings is 1. The quantitative estimate of drug-likeness (QED) is 0.547. The van der Waals surface area contributed by atoms with Crippen molar-refractivity contribution in [2.45, 2.75) is 32.1 Å². The maximum Gasteiger partial charge on any atom is 0.166 e. The van der Waals surface area contributed by atoms with E-state index < -0.39 is 12.3 Å². The molecule has 4 nitrogen and oxygen atoms in total. The summed E-state index contributed by atoms with van der Waals surface area (Å²) >= 11 is 0. The number of hydrogen-bond donors (Lipinski definition) is 1. The Kier molecular flexibility index (Phi) is 6.76. The highest BCUT2D eigenvalue weighted by molar-refractivity contribution is 5.97. The molecule has 0 radical (unpaired) electrons. The molecule has 0 saturated carbocycles. The monoisotopic (exact) mass is 421 g/mol. The maximum absolute atomic E-state index is 13.2. The predicted octanol–water partition coefficient (Wildman–Crippen LogP) is 4.97. The summed E-state index contributed by atoms with van der Waals surface area (Å²) in [4.78, 5) is 14.9. The summed E-state index contributed by atoms with van der Waals surface area (Å²) in [7, 11) is 0. The topological polar surface area (TPSA) is 49.8 Å². The molecule has 2 unspecified atom stereocenters. The van der Waals surface area contributed by atoms with Crippen LogP contribution in [0.15, 0.2) is 66.7 Å². The Bertz CT molecular complexity index is 1020. The number of carbonyl (C=O) groups is 1. The molecule has 1 saturated heterocycles. The molecule has 4 rings (SSSR count). The van der Waals surface area contributed by atoms with Gasteiger partial charge in [0.1, 0.15) is 18.1 Å². The van der Waals surface area contributed by atoms with E-state index in [-0.39, 0.29) is 17.5 Å². The van der Waals surface area contributed by atoms with Gasteiger partial charge in [-0.15, -0.1) is 0 Å². The number of ketones is 1. The molecule has 1 N–H and O–H groups in total. The van der Waals surface area contributed by atoms with Crippen molar-refractivity contribution in [3.05, 3.63) is 83.7 Å². The molecule has 0 aromatic heterocycles. The zero-order valence-electron chi connectivity index (χ0n) is 17.7. The molecule has 0 aliphatic carbocycles. The summed E-state index contributed by atoms with van der Waals surface area (Å²) in [6, 6.07) is 19.7. The van der Waals surface area contributed by atoms with Gasteiger partial charge >= 0.3 is 0 Å². The first kappa shape index (κ1) is 21.6. The van der Waals surface area contributed by atoms with Crippen LogP contribution in [0.4, 0.5) is 4.39 Å². The Morgan fingerprint density at radius 3 is 2.45 bits per heavy atom. The van der Waals surface area contributed by atoms with Gasteiger partial charge in [-0.3, -0.25) is 9.69 Å². The lowest BCUT2D eigenvalue weighted by atomic mass is 9.88. The van der Waals surface area contributed by atoms with E-state index in [0.29, 0.717) is 38.1 Å². The Morgan fingerprint density at radius 2 is 1.74 bits per heavy atom. The second-order valence-corrected chi connectivity index (χ2v) is 8.04. The zero-order chi connectivity index (χ0) is 21.8. The molecule has 1 fully saturated rings. The van der Waals surface area contributed by atoms with Gasteiger partial charge in [0.25, 0.3) is 0 Å². The van der Waals surface area contributed by atoms with Crippen LogP contribution in [0, 0.1) is 11.7 Å². The lowest BCUT2D eigenvalue weighted by Gasteiger charge is -2.39.